The van der Waals surface area contributed by atoms with E-state index in [2.05, 4.69) is 10.2 Å². The molecule has 6 nitrogen and oxygen atoms in total. The molecule has 1 saturated heterocycles. The van der Waals surface area contributed by atoms with E-state index < -0.39 is 0 Å². The maximum atomic E-state index is 12.5. The fraction of sp³-hybridized carbons (Fsp3) is 0.316. The third-order valence-corrected chi connectivity index (χ3v) is 4.31. The van der Waals surface area contributed by atoms with Crippen LogP contribution in [-0.2, 0) is 0 Å². The van der Waals surface area contributed by atoms with Crippen LogP contribution in [0.2, 0.25) is 0 Å². The highest BCUT2D eigenvalue weighted by molar-refractivity contribution is 5.89. The Bertz CT molecular complexity index is 727. The molecule has 2 amide bonds. The van der Waals surface area contributed by atoms with Gasteiger partial charge in [0, 0.05) is 37.9 Å². The van der Waals surface area contributed by atoms with Crippen LogP contribution in [0.1, 0.15) is 0 Å². The fourth-order valence-corrected chi connectivity index (χ4v) is 2.94. The molecule has 0 aliphatic carbocycles. The molecule has 0 spiro atoms. The summed E-state index contributed by atoms with van der Waals surface area (Å²) in [6, 6.07) is 15.2. The maximum Gasteiger partial charge on any atom is 0.321 e. The molecule has 25 heavy (non-hydrogen) atoms. The molecule has 2 aromatic carbocycles. The number of methoxy groups -OCH3 is 2. The summed E-state index contributed by atoms with van der Waals surface area (Å²) in [6.07, 6.45) is 0. The zero-order valence-electron chi connectivity index (χ0n) is 14.6. The molecule has 1 aliphatic heterocycles. The van der Waals surface area contributed by atoms with Crippen LogP contribution in [0.15, 0.2) is 48.5 Å². The molecule has 1 fully saturated rings. The molecule has 0 atom stereocenters. The Balaban J connectivity index is 1.59. The Morgan fingerprint density at radius 1 is 0.960 bits per heavy atom. The van der Waals surface area contributed by atoms with Crippen molar-refractivity contribution in [3.05, 3.63) is 48.5 Å². The Morgan fingerprint density at radius 3 is 2.44 bits per heavy atom. The lowest BCUT2D eigenvalue weighted by atomic mass is 10.2. The number of nitrogens with one attached hydrogen (secondary N) is 1. The summed E-state index contributed by atoms with van der Waals surface area (Å²) in [5, 5.41) is 2.93. The molecule has 0 unspecified atom stereocenters. The highest BCUT2D eigenvalue weighted by Gasteiger charge is 2.22. The fourth-order valence-electron chi connectivity index (χ4n) is 2.94. The molecule has 2 aromatic rings. The van der Waals surface area contributed by atoms with E-state index in [4.69, 9.17) is 9.47 Å². The SMILES string of the molecule is COc1cccc(NC(=O)N2CCN(c3ccccc3OC)CC2)c1. The number of para-hydroxylation sites is 2. The van der Waals surface area contributed by atoms with Gasteiger partial charge in [0.05, 0.1) is 19.9 Å². The summed E-state index contributed by atoms with van der Waals surface area (Å²) in [4.78, 5) is 16.5. The average molecular weight is 341 g/mol. The van der Waals surface area contributed by atoms with Crippen molar-refractivity contribution in [1.29, 1.82) is 0 Å². The quantitative estimate of drug-likeness (QED) is 0.929. The lowest BCUT2D eigenvalue weighted by Crippen LogP contribution is -2.50. The zero-order chi connectivity index (χ0) is 17.6. The van der Waals surface area contributed by atoms with Crippen molar-refractivity contribution in [2.24, 2.45) is 0 Å². The van der Waals surface area contributed by atoms with Crippen LogP contribution in [0, 0.1) is 0 Å². The summed E-state index contributed by atoms with van der Waals surface area (Å²) in [6.45, 7) is 2.86. The topological polar surface area (TPSA) is 54.0 Å². The number of hydrogen-bond donors (Lipinski definition) is 1. The van der Waals surface area contributed by atoms with Crippen molar-refractivity contribution < 1.29 is 14.3 Å². The van der Waals surface area contributed by atoms with E-state index in [-0.39, 0.29) is 6.03 Å². The van der Waals surface area contributed by atoms with Gasteiger partial charge in [-0.25, -0.2) is 4.79 Å². The predicted molar refractivity (Wildman–Crippen MR) is 98.8 cm³/mol. The third-order valence-electron chi connectivity index (χ3n) is 4.31. The maximum absolute atomic E-state index is 12.5. The number of amides is 2. The Morgan fingerprint density at radius 2 is 1.72 bits per heavy atom. The van der Waals surface area contributed by atoms with E-state index in [0.717, 1.165) is 36.0 Å². The van der Waals surface area contributed by atoms with E-state index in [9.17, 15) is 4.79 Å². The molecular formula is C19H23N3O3. The number of nitrogens with zero attached hydrogens (tertiary/aromatic N) is 2. The van der Waals surface area contributed by atoms with Crippen molar-refractivity contribution in [1.82, 2.24) is 4.90 Å². The largest absolute Gasteiger partial charge is 0.497 e. The van der Waals surface area contributed by atoms with Gasteiger partial charge in [0.1, 0.15) is 11.5 Å². The zero-order valence-corrected chi connectivity index (χ0v) is 14.6. The number of hydrogen-bond acceptors (Lipinski definition) is 4. The predicted octanol–water partition coefficient (Wildman–Crippen LogP) is 3.06. The summed E-state index contributed by atoms with van der Waals surface area (Å²) >= 11 is 0. The van der Waals surface area contributed by atoms with Crippen molar-refractivity contribution >= 4 is 17.4 Å². The molecule has 1 aliphatic rings. The molecule has 0 saturated carbocycles. The first-order chi connectivity index (χ1) is 12.2. The first kappa shape index (κ1) is 17.0. The number of piperazine rings is 1. The van der Waals surface area contributed by atoms with Gasteiger partial charge in [0.25, 0.3) is 0 Å². The first-order valence-corrected chi connectivity index (χ1v) is 8.29. The number of rotatable bonds is 4. The first-order valence-electron chi connectivity index (χ1n) is 8.29. The summed E-state index contributed by atoms with van der Waals surface area (Å²) in [5.74, 6) is 1.58. The molecule has 3 rings (SSSR count). The van der Waals surface area contributed by atoms with Crippen LogP contribution in [0.5, 0.6) is 11.5 Å². The lowest BCUT2D eigenvalue weighted by molar-refractivity contribution is 0.208. The standard InChI is InChI=1S/C19H23N3O3/c1-24-16-7-5-6-15(14-16)20-19(23)22-12-10-21(11-13-22)17-8-3-4-9-18(17)25-2/h3-9,14H,10-13H2,1-2H3,(H,20,23). The smallest absolute Gasteiger partial charge is 0.321 e. The van der Waals surface area contributed by atoms with Gasteiger partial charge in [-0.1, -0.05) is 18.2 Å². The van der Waals surface area contributed by atoms with Crippen molar-refractivity contribution in [3.8, 4) is 11.5 Å². The normalized spacial score (nSPS) is 14.2. The number of carbonyl (C=O) groups excluding carboxylic acids is 1. The van der Waals surface area contributed by atoms with Gasteiger partial charge in [-0.15, -0.1) is 0 Å². The second kappa shape index (κ2) is 7.79. The van der Waals surface area contributed by atoms with Gasteiger partial charge in [-0.05, 0) is 24.3 Å². The third kappa shape index (κ3) is 3.96. The Labute approximate surface area is 147 Å². The summed E-state index contributed by atoms with van der Waals surface area (Å²) in [7, 11) is 3.29. The van der Waals surface area contributed by atoms with Gasteiger partial charge in [-0.2, -0.15) is 0 Å². The Hall–Kier alpha value is -2.89. The van der Waals surface area contributed by atoms with Gasteiger partial charge in [0.2, 0.25) is 0 Å². The number of anilines is 2. The van der Waals surface area contributed by atoms with Crippen LogP contribution < -0.4 is 19.7 Å². The van der Waals surface area contributed by atoms with E-state index >= 15 is 0 Å². The van der Waals surface area contributed by atoms with Crippen LogP contribution in [-0.4, -0.2) is 51.3 Å². The van der Waals surface area contributed by atoms with Crippen LogP contribution >= 0.6 is 0 Å². The second-order valence-corrected chi connectivity index (χ2v) is 5.81. The van der Waals surface area contributed by atoms with Crippen molar-refractivity contribution in [2.75, 3.05) is 50.6 Å². The second-order valence-electron chi connectivity index (χ2n) is 5.81. The molecule has 1 N–H and O–H groups in total. The minimum absolute atomic E-state index is 0.0899. The van der Waals surface area contributed by atoms with Gasteiger partial charge in [-0.3, -0.25) is 0 Å². The van der Waals surface area contributed by atoms with Crippen LogP contribution in [0.3, 0.4) is 0 Å². The number of benzene rings is 2. The minimum atomic E-state index is -0.0899. The van der Waals surface area contributed by atoms with Crippen molar-refractivity contribution in [3.63, 3.8) is 0 Å². The number of carbonyl (C=O) groups is 1. The molecular weight excluding hydrogens is 318 g/mol. The highest BCUT2D eigenvalue weighted by Crippen LogP contribution is 2.28. The average Bonchev–Trinajstić information content (AvgIpc) is 2.68. The van der Waals surface area contributed by atoms with Gasteiger partial charge < -0.3 is 24.6 Å². The Kier molecular flexibility index (Phi) is 5.28. The summed E-state index contributed by atoms with van der Waals surface area (Å²) in [5.41, 5.74) is 1.80. The van der Waals surface area contributed by atoms with E-state index in [1.807, 2.05) is 53.4 Å². The highest BCUT2D eigenvalue weighted by atomic mass is 16.5. The number of urea groups is 1. The van der Waals surface area contributed by atoms with Crippen LogP contribution in [0.4, 0.5) is 16.2 Å². The minimum Gasteiger partial charge on any atom is -0.497 e. The molecule has 1 heterocycles. The van der Waals surface area contributed by atoms with Gasteiger partial charge in [0.15, 0.2) is 0 Å². The van der Waals surface area contributed by atoms with Crippen LogP contribution in [0.25, 0.3) is 0 Å². The lowest BCUT2D eigenvalue weighted by Gasteiger charge is -2.36. The van der Waals surface area contributed by atoms with E-state index in [1.54, 1.807) is 14.2 Å². The number of ether oxygens (including phenoxy) is 2. The monoisotopic (exact) mass is 341 g/mol. The van der Waals surface area contributed by atoms with Gasteiger partial charge >= 0.3 is 6.03 Å². The molecule has 0 bridgehead atoms. The van der Waals surface area contributed by atoms with E-state index in [1.165, 1.54) is 0 Å². The van der Waals surface area contributed by atoms with E-state index in [0.29, 0.717) is 13.1 Å². The molecule has 6 heteroatoms. The van der Waals surface area contributed by atoms with Crippen molar-refractivity contribution in [2.45, 2.75) is 0 Å². The molecule has 132 valence electrons. The molecule has 0 radical (unpaired) electrons. The molecule has 0 aromatic heterocycles. The summed E-state index contributed by atoms with van der Waals surface area (Å²) < 4.78 is 10.6.